The third-order valence-electron chi connectivity index (χ3n) is 4.12. The van der Waals surface area contributed by atoms with Gasteiger partial charge in [0.15, 0.2) is 0 Å². The lowest BCUT2D eigenvalue weighted by atomic mass is 10.2. The van der Waals surface area contributed by atoms with Crippen LogP contribution in [0.4, 0.5) is 19.3 Å². The molecule has 1 aliphatic heterocycles. The first kappa shape index (κ1) is 18.9. The molecule has 1 aromatic rings. The van der Waals surface area contributed by atoms with Crippen LogP contribution in [0.5, 0.6) is 0 Å². The van der Waals surface area contributed by atoms with Gasteiger partial charge in [-0.25, -0.2) is 18.5 Å². The Hall–Kier alpha value is -2.44. The minimum absolute atomic E-state index is 0.150. The molecule has 1 saturated heterocycles. The summed E-state index contributed by atoms with van der Waals surface area (Å²) in [6.45, 7) is 8.98. The molecule has 1 aliphatic rings. The van der Waals surface area contributed by atoms with Crippen molar-refractivity contribution in [2.45, 2.75) is 40.2 Å². The summed E-state index contributed by atoms with van der Waals surface area (Å²) in [7, 11) is 0. The SMILES string of the molecule is CCN(/C=C1/C(=O)N(c2ccc(C(F)F)cc2)C(=O)N1C(C)C)CC. The zero-order chi connectivity index (χ0) is 18.7. The third kappa shape index (κ3) is 3.65. The Morgan fingerprint density at radius 2 is 1.64 bits per heavy atom. The molecule has 0 unspecified atom stereocenters. The second-order valence-corrected chi connectivity index (χ2v) is 6.01. The topological polar surface area (TPSA) is 43.9 Å². The Labute approximate surface area is 146 Å². The Kier molecular flexibility index (Phi) is 5.77. The van der Waals surface area contributed by atoms with Crippen molar-refractivity contribution in [1.82, 2.24) is 9.80 Å². The predicted molar refractivity (Wildman–Crippen MR) is 92.3 cm³/mol. The van der Waals surface area contributed by atoms with Crippen LogP contribution in [0.1, 0.15) is 39.7 Å². The maximum Gasteiger partial charge on any atom is 0.336 e. The normalized spacial score (nSPS) is 16.7. The van der Waals surface area contributed by atoms with Gasteiger partial charge in [0.2, 0.25) is 0 Å². The minimum atomic E-state index is -2.59. The van der Waals surface area contributed by atoms with Crippen LogP contribution in [0.2, 0.25) is 0 Å². The number of imide groups is 1. The summed E-state index contributed by atoms with van der Waals surface area (Å²) in [6, 6.07) is 4.53. The van der Waals surface area contributed by atoms with Crippen molar-refractivity contribution in [3.8, 4) is 0 Å². The lowest BCUT2D eigenvalue weighted by Gasteiger charge is -2.23. The lowest BCUT2D eigenvalue weighted by molar-refractivity contribution is -0.114. The van der Waals surface area contributed by atoms with Crippen molar-refractivity contribution in [1.29, 1.82) is 0 Å². The number of rotatable bonds is 6. The van der Waals surface area contributed by atoms with Gasteiger partial charge in [0.1, 0.15) is 5.70 Å². The summed E-state index contributed by atoms with van der Waals surface area (Å²) < 4.78 is 25.4. The molecule has 0 radical (unpaired) electrons. The average molecular weight is 351 g/mol. The van der Waals surface area contributed by atoms with Crippen LogP contribution in [0.25, 0.3) is 0 Å². The van der Waals surface area contributed by atoms with Crippen LogP contribution in [0.15, 0.2) is 36.2 Å². The highest BCUT2D eigenvalue weighted by Crippen LogP contribution is 2.30. The highest BCUT2D eigenvalue weighted by molar-refractivity contribution is 6.26. The van der Waals surface area contributed by atoms with Crippen LogP contribution in [0, 0.1) is 0 Å². The van der Waals surface area contributed by atoms with E-state index in [4.69, 9.17) is 0 Å². The van der Waals surface area contributed by atoms with Gasteiger partial charge in [-0.05, 0) is 39.8 Å². The number of alkyl halides is 2. The molecule has 1 heterocycles. The van der Waals surface area contributed by atoms with Gasteiger partial charge in [0, 0.05) is 30.9 Å². The highest BCUT2D eigenvalue weighted by atomic mass is 19.3. The number of anilines is 1. The number of carbonyl (C=O) groups is 2. The molecule has 0 spiro atoms. The number of hydrogen-bond acceptors (Lipinski definition) is 3. The van der Waals surface area contributed by atoms with Gasteiger partial charge < -0.3 is 4.90 Å². The quantitative estimate of drug-likeness (QED) is 0.575. The zero-order valence-electron chi connectivity index (χ0n) is 14.9. The standard InChI is InChI=1S/C18H23F2N3O2/c1-5-21(6-2)11-15-17(24)23(18(25)22(15)12(3)4)14-9-7-13(8-10-14)16(19)20/h7-12,16H,5-6H2,1-4H3/b15-11-. The number of benzene rings is 1. The van der Waals surface area contributed by atoms with E-state index in [-0.39, 0.29) is 17.3 Å². The molecule has 3 amide bonds. The number of hydrogen-bond donors (Lipinski definition) is 0. The molecule has 5 nitrogen and oxygen atoms in total. The van der Waals surface area contributed by atoms with Crippen LogP contribution in [0.3, 0.4) is 0 Å². The summed E-state index contributed by atoms with van der Waals surface area (Å²) in [5.41, 5.74) is 0.428. The zero-order valence-corrected chi connectivity index (χ0v) is 14.9. The molecule has 0 bridgehead atoms. The van der Waals surface area contributed by atoms with E-state index in [1.54, 1.807) is 6.20 Å². The van der Waals surface area contributed by atoms with Gasteiger partial charge in [-0.2, -0.15) is 0 Å². The average Bonchev–Trinajstić information content (AvgIpc) is 2.82. The van der Waals surface area contributed by atoms with Crippen molar-refractivity contribution in [3.05, 3.63) is 41.7 Å². The Morgan fingerprint density at radius 1 is 1.08 bits per heavy atom. The van der Waals surface area contributed by atoms with Crippen molar-refractivity contribution >= 4 is 17.6 Å². The van der Waals surface area contributed by atoms with Gasteiger partial charge in [-0.15, -0.1) is 0 Å². The summed E-state index contributed by atoms with van der Waals surface area (Å²) in [5, 5.41) is 0. The maximum absolute atomic E-state index is 12.8. The number of amides is 3. The molecule has 1 fully saturated rings. The van der Waals surface area contributed by atoms with Gasteiger partial charge in [0.25, 0.3) is 12.3 Å². The van der Waals surface area contributed by atoms with E-state index in [0.717, 1.165) is 4.90 Å². The molecule has 0 N–H and O–H groups in total. The highest BCUT2D eigenvalue weighted by Gasteiger charge is 2.43. The monoisotopic (exact) mass is 351 g/mol. The second kappa shape index (κ2) is 7.63. The smallest absolute Gasteiger partial charge is 0.336 e. The molecule has 0 aliphatic carbocycles. The predicted octanol–water partition coefficient (Wildman–Crippen LogP) is 3.98. The third-order valence-corrected chi connectivity index (χ3v) is 4.12. The Bertz CT molecular complexity index is 667. The van der Waals surface area contributed by atoms with Crippen LogP contribution >= 0.6 is 0 Å². The van der Waals surface area contributed by atoms with E-state index < -0.39 is 18.4 Å². The summed E-state index contributed by atoms with van der Waals surface area (Å²) in [6.07, 6.45) is -0.905. The molecule has 136 valence electrons. The molecule has 2 rings (SSSR count). The fourth-order valence-corrected chi connectivity index (χ4v) is 2.71. The van der Waals surface area contributed by atoms with E-state index >= 15 is 0 Å². The minimum Gasteiger partial charge on any atom is -0.376 e. The Morgan fingerprint density at radius 3 is 2.08 bits per heavy atom. The number of urea groups is 1. The second-order valence-electron chi connectivity index (χ2n) is 6.01. The first-order valence-electron chi connectivity index (χ1n) is 8.33. The summed E-state index contributed by atoms with van der Waals surface area (Å²) in [5.74, 6) is -0.449. The van der Waals surface area contributed by atoms with Crippen LogP contribution < -0.4 is 4.90 Å². The summed E-state index contributed by atoms with van der Waals surface area (Å²) >= 11 is 0. The van der Waals surface area contributed by atoms with Crippen molar-refractivity contribution in [3.63, 3.8) is 0 Å². The van der Waals surface area contributed by atoms with E-state index in [0.29, 0.717) is 18.8 Å². The molecular formula is C18H23F2N3O2. The fraction of sp³-hybridized carbons (Fsp3) is 0.444. The molecule has 0 atom stereocenters. The van der Waals surface area contributed by atoms with E-state index in [1.807, 2.05) is 32.6 Å². The maximum atomic E-state index is 12.8. The Balaban J connectivity index is 2.43. The molecule has 25 heavy (non-hydrogen) atoms. The van der Waals surface area contributed by atoms with Gasteiger partial charge in [-0.1, -0.05) is 12.1 Å². The summed E-state index contributed by atoms with van der Waals surface area (Å²) in [4.78, 5) is 30.0. The van der Waals surface area contributed by atoms with E-state index in [9.17, 15) is 18.4 Å². The number of nitrogens with zero attached hydrogens (tertiary/aromatic N) is 3. The molecule has 0 saturated carbocycles. The van der Waals surface area contributed by atoms with E-state index in [2.05, 4.69) is 0 Å². The van der Waals surface area contributed by atoms with E-state index in [1.165, 1.54) is 29.2 Å². The molecule has 0 aromatic heterocycles. The van der Waals surface area contributed by atoms with Crippen molar-refractivity contribution < 1.29 is 18.4 Å². The van der Waals surface area contributed by atoms with Crippen LogP contribution in [-0.4, -0.2) is 40.9 Å². The first-order valence-corrected chi connectivity index (χ1v) is 8.33. The number of carbonyl (C=O) groups excluding carboxylic acids is 2. The van der Waals surface area contributed by atoms with Crippen molar-refractivity contribution in [2.24, 2.45) is 0 Å². The fourth-order valence-electron chi connectivity index (χ4n) is 2.71. The molecular weight excluding hydrogens is 328 g/mol. The molecule has 1 aromatic carbocycles. The van der Waals surface area contributed by atoms with Gasteiger partial charge in [0.05, 0.1) is 5.69 Å². The van der Waals surface area contributed by atoms with Crippen molar-refractivity contribution in [2.75, 3.05) is 18.0 Å². The van der Waals surface area contributed by atoms with Gasteiger partial charge in [-0.3, -0.25) is 9.69 Å². The van der Waals surface area contributed by atoms with Gasteiger partial charge >= 0.3 is 6.03 Å². The molecule has 7 heteroatoms. The first-order chi connectivity index (χ1) is 11.8. The largest absolute Gasteiger partial charge is 0.376 e. The number of halogens is 2. The lowest BCUT2D eigenvalue weighted by Crippen LogP contribution is -2.36. The van der Waals surface area contributed by atoms with Crippen LogP contribution in [-0.2, 0) is 4.79 Å².